The second-order valence-electron chi connectivity index (χ2n) is 3.45. The van der Waals surface area contributed by atoms with E-state index in [0.29, 0.717) is 5.16 Å². The number of hydrogen-bond acceptors (Lipinski definition) is 5. The fourth-order valence-corrected chi connectivity index (χ4v) is 2.56. The van der Waals surface area contributed by atoms with Crippen LogP contribution in [0.3, 0.4) is 0 Å². The van der Waals surface area contributed by atoms with Gasteiger partial charge in [0.05, 0.1) is 5.52 Å². The second-order valence-corrected chi connectivity index (χ2v) is 4.74. The van der Waals surface area contributed by atoms with Crippen molar-refractivity contribution in [3.63, 3.8) is 0 Å². The number of nitrogens with zero attached hydrogens (tertiary/aromatic N) is 4. The summed E-state index contributed by atoms with van der Waals surface area (Å²) in [6.45, 7) is 0. The summed E-state index contributed by atoms with van der Waals surface area (Å²) in [5.74, 6) is 0. The van der Waals surface area contributed by atoms with Gasteiger partial charge in [-0.15, -0.1) is 0 Å². The molecule has 3 aromatic rings. The van der Waals surface area contributed by atoms with E-state index in [1.807, 2.05) is 24.3 Å². The minimum atomic E-state index is 0.229. The summed E-state index contributed by atoms with van der Waals surface area (Å²) < 4.78 is 0. The molecule has 0 atom stereocenters. The molecule has 0 N–H and O–H groups in total. The topological polar surface area (TPSA) is 51.6 Å². The van der Waals surface area contributed by atoms with Gasteiger partial charge in [-0.2, -0.15) is 0 Å². The van der Waals surface area contributed by atoms with Crippen molar-refractivity contribution < 1.29 is 0 Å². The molecular formula is C12H7ClN4S. The predicted molar refractivity (Wildman–Crippen MR) is 70.7 cm³/mol. The van der Waals surface area contributed by atoms with Gasteiger partial charge in [0.1, 0.15) is 5.03 Å². The maximum Gasteiger partial charge on any atom is 0.224 e. The first-order chi connectivity index (χ1) is 8.83. The maximum absolute atomic E-state index is 5.91. The van der Waals surface area contributed by atoms with Crippen LogP contribution in [-0.4, -0.2) is 19.9 Å². The van der Waals surface area contributed by atoms with Crippen LogP contribution in [0.5, 0.6) is 0 Å². The van der Waals surface area contributed by atoms with Gasteiger partial charge in [0.25, 0.3) is 0 Å². The van der Waals surface area contributed by atoms with Crippen LogP contribution in [0.25, 0.3) is 10.9 Å². The van der Waals surface area contributed by atoms with Crippen molar-refractivity contribution >= 4 is 34.3 Å². The van der Waals surface area contributed by atoms with Gasteiger partial charge in [0.2, 0.25) is 5.28 Å². The van der Waals surface area contributed by atoms with Gasteiger partial charge in [0.15, 0.2) is 5.16 Å². The molecular weight excluding hydrogens is 268 g/mol. The molecule has 0 bridgehead atoms. The molecule has 1 aromatic carbocycles. The van der Waals surface area contributed by atoms with Crippen LogP contribution >= 0.6 is 23.4 Å². The van der Waals surface area contributed by atoms with Crippen molar-refractivity contribution in [1.29, 1.82) is 0 Å². The third-order valence-electron chi connectivity index (χ3n) is 2.27. The van der Waals surface area contributed by atoms with Gasteiger partial charge >= 0.3 is 0 Å². The van der Waals surface area contributed by atoms with Crippen molar-refractivity contribution in [3.8, 4) is 0 Å². The molecule has 0 spiro atoms. The molecule has 88 valence electrons. The van der Waals surface area contributed by atoms with Gasteiger partial charge in [0, 0.05) is 17.8 Å². The molecule has 6 heteroatoms. The molecule has 3 rings (SSSR count). The Labute approximate surface area is 112 Å². The number of hydrogen-bond donors (Lipinski definition) is 0. The average molecular weight is 275 g/mol. The number of aromatic nitrogens is 4. The highest BCUT2D eigenvalue weighted by Gasteiger charge is 2.09. The number of halogens is 1. The fourth-order valence-electron chi connectivity index (χ4n) is 1.52. The van der Waals surface area contributed by atoms with E-state index in [1.165, 1.54) is 11.8 Å². The van der Waals surface area contributed by atoms with Crippen molar-refractivity contribution in [2.24, 2.45) is 0 Å². The zero-order chi connectivity index (χ0) is 12.4. The smallest absolute Gasteiger partial charge is 0.224 e. The average Bonchev–Trinajstić information content (AvgIpc) is 2.40. The van der Waals surface area contributed by atoms with Crippen LogP contribution in [0.1, 0.15) is 0 Å². The van der Waals surface area contributed by atoms with Crippen LogP contribution in [0.4, 0.5) is 0 Å². The van der Waals surface area contributed by atoms with Crippen molar-refractivity contribution in [2.45, 2.75) is 10.2 Å². The molecule has 2 aromatic heterocycles. The normalized spacial score (nSPS) is 10.7. The maximum atomic E-state index is 5.91. The lowest BCUT2D eigenvalue weighted by Crippen LogP contribution is -1.91. The Morgan fingerprint density at radius 2 is 1.72 bits per heavy atom. The first kappa shape index (κ1) is 11.4. The quantitative estimate of drug-likeness (QED) is 0.530. The largest absolute Gasteiger partial charge is 0.231 e. The Balaban J connectivity index is 2.11. The van der Waals surface area contributed by atoms with E-state index >= 15 is 0 Å². The summed E-state index contributed by atoms with van der Waals surface area (Å²) >= 11 is 7.29. The summed E-state index contributed by atoms with van der Waals surface area (Å²) in [6.07, 6.45) is 3.39. The fraction of sp³-hybridized carbons (Fsp3) is 0. The van der Waals surface area contributed by atoms with E-state index in [9.17, 15) is 0 Å². The number of rotatable bonds is 2. The molecule has 0 aliphatic carbocycles. The van der Waals surface area contributed by atoms with Gasteiger partial charge in [-0.05, 0) is 35.5 Å². The van der Waals surface area contributed by atoms with E-state index in [4.69, 9.17) is 11.6 Å². The van der Waals surface area contributed by atoms with Gasteiger partial charge < -0.3 is 0 Å². The molecule has 0 fully saturated rings. The van der Waals surface area contributed by atoms with Crippen LogP contribution < -0.4 is 0 Å². The van der Waals surface area contributed by atoms with Crippen molar-refractivity contribution in [1.82, 2.24) is 19.9 Å². The van der Waals surface area contributed by atoms with Gasteiger partial charge in [-0.1, -0.05) is 18.2 Å². The first-order valence-corrected chi connectivity index (χ1v) is 6.39. The molecule has 0 saturated heterocycles. The van der Waals surface area contributed by atoms with E-state index in [1.54, 1.807) is 18.5 Å². The highest BCUT2D eigenvalue weighted by Crippen LogP contribution is 2.29. The Morgan fingerprint density at radius 3 is 2.56 bits per heavy atom. The Bertz CT molecular complexity index is 690. The third-order valence-corrected chi connectivity index (χ3v) is 3.34. The highest BCUT2D eigenvalue weighted by molar-refractivity contribution is 7.99. The Morgan fingerprint density at radius 1 is 0.944 bits per heavy atom. The Hall–Kier alpha value is -1.72. The molecule has 2 heterocycles. The van der Waals surface area contributed by atoms with Crippen LogP contribution in [-0.2, 0) is 0 Å². The number of para-hydroxylation sites is 1. The molecule has 0 radical (unpaired) electrons. The van der Waals surface area contributed by atoms with Gasteiger partial charge in [-0.25, -0.2) is 19.9 Å². The van der Waals surface area contributed by atoms with Crippen LogP contribution in [0.15, 0.2) is 52.9 Å². The molecule has 0 aliphatic heterocycles. The summed E-state index contributed by atoms with van der Waals surface area (Å²) in [5.41, 5.74) is 0.816. The lowest BCUT2D eigenvalue weighted by atomic mass is 10.2. The molecule has 0 saturated carbocycles. The monoisotopic (exact) mass is 274 g/mol. The molecule has 0 unspecified atom stereocenters. The summed E-state index contributed by atoms with van der Waals surface area (Å²) in [6, 6.07) is 9.49. The van der Waals surface area contributed by atoms with Crippen molar-refractivity contribution in [2.75, 3.05) is 0 Å². The lowest BCUT2D eigenvalue weighted by molar-refractivity contribution is 0.960. The SMILES string of the molecule is Clc1nc(Sc2ncccn2)c2ccccc2n1. The minimum absolute atomic E-state index is 0.229. The number of benzene rings is 1. The summed E-state index contributed by atoms with van der Waals surface area (Å²) in [4.78, 5) is 16.7. The first-order valence-electron chi connectivity index (χ1n) is 5.20. The number of fused-ring (bicyclic) bond motifs is 1. The molecule has 18 heavy (non-hydrogen) atoms. The van der Waals surface area contributed by atoms with E-state index in [-0.39, 0.29) is 5.28 Å². The minimum Gasteiger partial charge on any atom is -0.231 e. The lowest BCUT2D eigenvalue weighted by Gasteiger charge is -2.04. The Kier molecular flexibility index (Phi) is 3.08. The zero-order valence-corrected chi connectivity index (χ0v) is 10.7. The second kappa shape index (κ2) is 4.88. The van der Waals surface area contributed by atoms with Crippen molar-refractivity contribution in [3.05, 3.63) is 48.0 Å². The predicted octanol–water partition coefficient (Wildman–Crippen LogP) is 3.22. The van der Waals surface area contributed by atoms with E-state index in [2.05, 4.69) is 19.9 Å². The van der Waals surface area contributed by atoms with Crippen LogP contribution in [0, 0.1) is 0 Å². The summed E-state index contributed by atoms with van der Waals surface area (Å²) in [7, 11) is 0. The molecule has 0 aliphatic rings. The van der Waals surface area contributed by atoms with Crippen LogP contribution in [0.2, 0.25) is 5.28 Å². The third kappa shape index (κ3) is 2.27. The highest BCUT2D eigenvalue weighted by atomic mass is 35.5. The molecule has 4 nitrogen and oxygen atoms in total. The molecule has 0 amide bonds. The van der Waals surface area contributed by atoms with Gasteiger partial charge in [-0.3, -0.25) is 0 Å². The summed E-state index contributed by atoms with van der Waals surface area (Å²) in [5, 5.41) is 2.57. The standard InChI is InChI=1S/C12H7ClN4S/c13-11-16-9-5-2-1-4-8(9)10(17-11)18-12-14-6-3-7-15-12/h1-7H. The van der Waals surface area contributed by atoms with E-state index in [0.717, 1.165) is 15.9 Å². The zero-order valence-electron chi connectivity index (χ0n) is 9.12. The van der Waals surface area contributed by atoms with E-state index < -0.39 is 0 Å².